The van der Waals surface area contributed by atoms with Gasteiger partial charge in [0, 0.05) is 19.6 Å². The molecule has 0 amide bonds. The normalized spacial score (nSPS) is 12.5. The van der Waals surface area contributed by atoms with Gasteiger partial charge in [-0.1, -0.05) is 42.4 Å². The summed E-state index contributed by atoms with van der Waals surface area (Å²) in [6.07, 6.45) is 0.675. The molecule has 0 aliphatic rings. The number of rotatable bonds is 7. The van der Waals surface area contributed by atoms with E-state index in [1.54, 1.807) is 7.11 Å². The number of likely N-dealkylation sites (N-methyl/N-ethyl adjacent to an activating group) is 1. The molecule has 0 fully saturated rings. The van der Waals surface area contributed by atoms with E-state index < -0.39 is 0 Å². The molecule has 5 heteroatoms. The Bertz CT molecular complexity index is 484. The number of ether oxygens (including phenoxy) is 1. The molecule has 0 saturated carbocycles. The molecule has 0 aliphatic heterocycles. The van der Waals surface area contributed by atoms with E-state index in [1.165, 1.54) is 5.56 Å². The van der Waals surface area contributed by atoms with Crippen LogP contribution < -0.4 is 5.32 Å². The monoisotopic (exact) mass is 261 g/mol. The third kappa shape index (κ3) is 3.87. The van der Waals surface area contributed by atoms with Gasteiger partial charge < -0.3 is 14.6 Å². The van der Waals surface area contributed by atoms with Gasteiger partial charge in [0.1, 0.15) is 6.61 Å². The molecule has 1 aromatic carbocycles. The molecule has 2 aromatic rings. The van der Waals surface area contributed by atoms with Crippen molar-refractivity contribution in [1.82, 2.24) is 15.5 Å². The minimum absolute atomic E-state index is 0.182. The highest BCUT2D eigenvalue weighted by Crippen LogP contribution is 2.17. The van der Waals surface area contributed by atoms with Gasteiger partial charge in [-0.2, -0.15) is 4.98 Å². The Morgan fingerprint density at radius 2 is 2.11 bits per heavy atom. The Morgan fingerprint density at radius 3 is 2.79 bits per heavy atom. The summed E-state index contributed by atoms with van der Waals surface area (Å²) in [6, 6.07) is 10.4. The van der Waals surface area contributed by atoms with Crippen LogP contribution in [0.1, 0.15) is 30.2 Å². The molecule has 5 nitrogen and oxygen atoms in total. The number of aromatic nitrogens is 2. The summed E-state index contributed by atoms with van der Waals surface area (Å²) >= 11 is 0. The van der Waals surface area contributed by atoms with Crippen LogP contribution in [0.2, 0.25) is 0 Å². The Balaban J connectivity index is 2.07. The molecule has 0 bridgehead atoms. The lowest BCUT2D eigenvalue weighted by molar-refractivity contribution is 0.174. The van der Waals surface area contributed by atoms with Gasteiger partial charge >= 0.3 is 0 Å². The third-order valence-electron chi connectivity index (χ3n) is 2.81. The summed E-state index contributed by atoms with van der Waals surface area (Å²) in [5, 5.41) is 7.30. The van der Waals surface area contributed by atoms with Gasteiger partial charge in [0.25, 0.3) is 0 Å². The van der Waals surface area contributed by atoms with E-state index in [-0.39, 0.29) is 6.04 Å². The zero-order valence-electron chi connectivity index (χ0n) is 11.3. The first-order valence-electron chi connectivity index (χ1n) is 6.42. The number of hydrogen-bond donors (Lipinski definition) is 1. The fourth-order valence-electron chi connectivity index (χ4n) is 1.98. The second-order valence-corrected chi connectivity index (χ2v) is 4.26. The maximum absolute atomic E-state index is 5.23. The molecule has 1 atom stereocenters. The third-order valence-corrected chi connectivity index (χ3v) is 2.81. The molecule has 0 saturated heterocycles. The highest BCUT2D eigenvalue weighted by atomic mass is 16.5. The predicted molar refractivity (Wildman–Crippen MR) is 71.6 cm³/mol. The van der Waals surface area contributed by atoms with Crippen LogP contribution in [-0.4, -0.2) is 23.8 Å². The highest BCUT2D eigenvalue weighted by molar-refractivity contribution is 5.19. The summed E-state index contributed by atoms with van der Waals surface area (Å²) in [5.74, 6) is 1.21. The maximum Gasteiger partial charge on any atom is 0.228 e. The van der Waals surface area contributed by atoms with Crippen LogP contribution in [0, 0.1) is 0 Å². The van der Waals surface area contributed by atoms with E-state index in [1.807, 2.05) is 18.2 Å². The van der Waals surface area contributed by atoms with E-state index >= 15 is 0 Å². The quantitative estimate of drug-likeness (QED) is 0.827. The summed E-state index contributed by atoms with van der Waals surface area (Å²) in [4.78, 5) is 4.30. The zero-order valence-corrected chi connectivity index (χ0v) is 11.3. The van der Waals surface area contributed by atoms with Gasteiger partial charge in [-0.25, -0.2) is 0 Å². The first-order valence-corrected chi connectivity index (χ1v) is 6.42. The molecular weight excluding hydrogens is 242 g/mol. The lowest BCUT2D eigenvalue weighted by Gasteiger charge is -2.16. The van der Waals surface area contributed by atoms with Crippen molar-refractivity contribution in [3.8, 4) is 0 Å². The fraction of sp³-hybridized carbons (Fsp3) is 0.429. The smallest absolute Gasteiger partial charge is 0.228 e. The fourth-order valence-corrected chi connectivity index (χ4v) is 1.98. The number of benzene rings is 1. The van der Waals surface area contributed by atoms with Crippen LogP contribution in [0.15, 0.2) is 34.9 Å². The molecular formula is C14H19N3O2. The van der Waals surface area contributed by atoms with Crippen LogP contribution in [0.5, 0.6) is 0 Å². The van der Waals surface area contributed by atoms with Gasteiger partial charge in [-0.15, -0.1) is 0 Å². The first-order chi connectivity index (χ1) is 9.33. The van der Waals surface area contributed by atoms with Crippen molar-refractivity contribution < 1.29 is 9.26 Å². The summed E-state index contributed by atoms with van der Waals surface area (Å²) in [5.41, 5.74) is 1.22. The van der Waals surface area contributed by atoms with Gasteiger partial charge in [-0.3, -0.25) is 0 Å². The predicted octanol–water partition coefficient (Wildman–Crippen LogP) is 2.11. The van der Waals surface area contributed by atoms with E-state index in [2.05, 4.69) is 34.5 Å². The Labute approximate surface area is 113 Å². The van der Waals surface area contributed by atoms with E-state index in [0.29, 0.717) is 24.7 Å². The lowest BCUT2D eigenvalue weighted by atomic mass is 10.0. The van der Waals surface area contributed by atoms with Crippen molar-refractivity contribution in [2.75, 3.05) is 13.7 Å². The van der Waals surface area contributed by atoms with Crippen LogP contribution in [0.25, 0.3) is 0 Å². The number of nitrogens with one attached hydrogen (secondary N) is 1. The Hall–Kier alpha value is -1.72. The molecule has 1 heterocycles. The van der Waals surface area contributed by atoms with Crippen LogP contribution >= 0.6 is 0 Å². The molecule has 1 N–H and O–H groups in total. The van der Waals surface area contributed by atoms with E-state index in [0.717, 1.165) is 6.54 Å². The summed E-state index contributed by atoms with van der Waals surface area (Å²) < 4.78 is 10.2. The van der Waals surface area contributed by atoms with Gasteiger partial charge in [0.15, 0.2) is 5.82 Å². The highest BCUT2D eigenvalue weighted by Gasteiger charge is 2.15. The summed E-state index contributed by atoms with van der Waals surface area (Å²) in [7, 11) is 1.61. The SMILES string of the molecule is CCNC(Cc1nc(COC)no1)c1ccccc1. The molecule has 0 aliphatic carbocycles. The summed E-state index contributed by atoms with van der Waals surface area (Å²) in [6.45, 7) is 3.35. The molecule has 0 spiro atoms. The second kappa shape index (κ2) is 7.01. The van der Waals surface area contributed by atoms with Crippen molar-refractivity contribution in [1.29, 1.82) is 0 Å². The molecule has 102 valence electrons. The van der Waals surface area contributed by atoms with Crippen molar-refractivity contribution in [3.05, 3.63) is 47.6 Å². The number of nitrogens with zero attached hydrogens (tertiary/aromatic N) is 2. The minimum Gasteiger partial charge on any atom is -0.377 e. The molecule has 1 unspecified atom stereocenters. The maximum atomic E-state index is 5.23. The van der Waals surface area contributed by atoms with Gasteiger partial charge in [0.05, 0.1) is 0 Å². The standard InChI is InChI=1S/C14H19N3O2/c1-3-15-12(11-7-5-4-6-8-11)9-14-16-13(10-18-2)17-19-14/h4-8,12,15H,3,9-10H2,1-2H3. The molecule has 0 radical (unpaired) electrons. The zero-order chi connectivity index (χ0) is 13.5. The van der Waals surface area contributed by atoms with Crippen LogP contribution in [0.3, 0.4) is 0 Å². The number of hydrogen-bond acceptors (Lipinski definition) is 5. The largest absolute Gasteiger partial charge is 0.377 e. The lowest BCUT2D eigenvalue weighted by Crippen LogP contribution is -2.23. The van der Waals surface area contributed by atoms with Crippen molar-refractivity contribution in [3.63, 3.8) is 0 Å². The average Bonchev–Trinajstić information content (AvgIpc) is 2.87. The first kappa shape index (κ1) is 13.7. The molecule has 2 rings (SSSR count). The minimum atomic E-state index is 0.182. The topological polar surface area (TPSA) is 60.2 Å². The van der Waals surface area contributed by atoms with Crippen molar-refractivity contribution in [2.24, 2.45) is 0 Å². The van der Waals surface area contributed by atoms with Crippen LogP contribution in [0.4, 0.5) is 0 Å². The van der Waals surface area contributed by atoms with Gasteiger partial charge in [0.2, 0.25) is 5.89 Å². The van der Waals surface area contributed by atoms with Gasteiger partial charge in [-0.05, 0) is 12.1 Å². The molecule has 19 heavy (non-hydrogen) atoms. The Kier molecular flexibility index (Phi) is 5.06. The van der Waals surface area contributed by atoms with E-state index in [9.17, 15) is 0 Å². The van der Waals surface area contributed by atoms with Crippen molar-refractivity contribution in [2.45, 2.75) is 26.0 Å². The second-order valence-electron chi connectivity index (χ2n) is 4.26. The van der Waals surface area contributed by atoms with Crippen molar-refractivity contribution >= 4 is 0 Å². The number of methoxy groups -OCH3 is 1. The van der Waals surface area contributed by atoms with Crippen LogP contribution in [-0.2, 0) is 17.8 Å². The molecule has 1 aromatic heterocycles. The Morgan fingerprint density at radius 1 is 1.32 bits per heavy atom. The average molecular weight is 261 g/mol. The van der Waals surface area contributed by atoms with E-state index in [4.69, 9.17) is 9.26 Å².